The zero-order valence-corrected chi connectivity index (χ0v) is 11.7. The summed E-state index contributed by atoms with van der Waals surface area (Å²) in [7, 11) is 1.76. The number of methoxy groups -OCH3 is 1. The van der Waals surface area contributed by atoms with E-state index in [0.29, 0.717) is 19.2 Å². The highest BCUT2D eigenvalue weighted by molar-refractivity contribution is 5.30. The third-order valence-electron chi connectivity index (χ3n) is 4.79. The molecule has 1 saturated carbocycles. The topological polar surface area (TPSA) is 38.5 Å². The van der Waals surface area contributed by atoms with E-state index in [1.807, 2.05) is 0 Å². The molecule has 2 aliphatic rings. The van der Waals surface area contributed by atoms with Gasteiger partial charge in [0.05, 0.1) is 6.61 Å². The van der Waals surface area contributed by atoms with Crippen molar-refractivity contribution in [1.82, 2.24) is 4.90 Å². The Morgan fingerprint density at radius 1 is 1.37 bits per heavy atom. The van der Waals surface area contributed by atoms with Gasteiger partial charge in [0, 0.05) is 32.3 Å². The summed E-state index contributed by atoms with van der Waals surface area (Å²) in [6.07, 6.45) is 4.15. The van der Waals surface area contributed by atoms with Gasteiger partial charge in [-0.1, -0.05) is 24.3 Å². The third kappa shape index (κ3) is 2.42. The van der Waals surface area contributed by atoms with Gasteiger partial charge in [-0.3, -0.25) is 4.90 Å². The summed E-state index contributed by atoms with van der Waals surface area (Å²) in [5, 5.41) is 0. The molecular formula is C16H24N2O. The Kier molecular flexibility index (Phi) is 3.87. The zero-order chi connectivity index (χ0) is 13.2. The summed E-state index contributed by atoms with van der Waals surface area (Å²) >= 11 is 0. The van der Waals surface area contributed by atoms with Crippen LogP contribution in [0.5, 0.6) is 0 Å². The van der Waals surface area contributed by atoms with E-state index in [-0.39, 0.29) is 0 Å². The number of fused-ring (bicyclic) bond motifs is 2. The highest BCUT2D eigenvalue weighted by atomic mass is 16.5. The molecule has 0 aromatic heterocycles. The fraction of sp³-hybridized carbons (Fsp3) is 0.625. The molecule has 1 saturated heterocycles. The highest BCUT2D eigenvalue weighted by Gasteiger charge is 2.41. The summed E-state index contributed by atoms with van der Waals surface area (Å²) in [6.45, 7) is 2.60. The smallest absolute Gasteiger partial charge is 0.0716 e. The van der Waals surface area contributed by atoms with Crippen LogP contribution in [0.15, 0.2) is 24.3 Å². The lowest BCUT2D eigenvalue weighted by molar-refractivity contribution is 0.147. The zero-order valence-electron chi connectivity index (χ0n) is 11.7. The summed E-state index contributed by atoms with van der Waals surface area (Å²) < 4.78 is 5.33. The van der Waals surface area contributed by atoms with E-state index < -0.39 is 0 Å². The van der Waals surface area contributed by atoms with Crippen LogP contribution >= 0.6 is 0 Å². The predicted molar refractivity (Wildman–Crippen MR) is 76.8 cm³/mol. The standard InChI is InChI=1S/C16H24N2O/c1-19-11-13-4-2-3-5-15(13)16(9-17)18-10-12-6-7-14(18)8-12/h2-5,12,14,16H,6-11,17H2,1H3. The molecule has 1 aromatic rings. The first kappa shape index (κ1) is 13.1. The van der Waals surface area contributed by atoms with Crippen LogP contribution < -0.4 is 5.73 Å². The second kappa shape index (κ2) is 5.61. The second-order valence-corrected chi connectivity index (χ2v) is 5.91. The van der Waals surface area contributed by atoms with E-state index in [1.165, 1.54) is 36.9 Å². The minimum Gasteiger partial charge on any atom is -0.380 e. The minimum absolute atomic E-state index is 0.363. The van der Waals surface area contributed by atoms with Crippen molar-refractivity contribution in [3.05, 3.63) is 35.4 Å². The Labute approximate surface area is 115 Å². The number of nitrogens with zero attached hydrogens (tertiary/aromatic N) is 1. The van der Waals surface area contributed by atoms with Gasteiger partial charge in [0.15, 0.2) is 0 Å². The van der Waals surface area contributed by atoms with Crippen molar-refractivity contribution in [2.24, 2.45) is 11.7 Å². The number of hydrogen-bond acceptors (Lipinski definition) is 3. The Morgan fingerprint density at radius 3 is 2.84 bits per heavy atom. The number of ether oxygens (including phenoxy) is 1. The molecule has 3 unspecified atom stereocenters. The average molecular weight is 260 g/mol. The maximum atomic E-state index is 6.10. The lowest BCUT2D eigenvalue weighted by atomic mass is 9.97. The van der Waals surface area contributed by atoms with Crippen LogP contribution in [0.1, 0.15) is 36.4 Å². The molecule has 0 spiro atoms. The first-order chi connectivity index (χ1) is 9.33. The molecule has 104 valence electrons. The molecule has 1 aromatic carbocycles. The van der Waals surface area contributed by atoms with Gasteiger partial charge in [-0.05, 0) is 36.3 Å². The fourth-order valence-electron chi connectivity index (χ4n) is 3.93. The van der Waals surface area contributed by atoms with Gasteiger partial charge in [-0.25, -0.2) is 0 Å². The summed E-state index contributed by atoms with van der Waals surface area (Å²) in [6, 6.07) is 9.71. The van der Waals surface area contributed by atoms with Crippen LogP contribution in [0.2, 0.25) is 0 Å². The van der Waals surface area contributed by atoms with Gasteiger partial charge in [-0.2, -0.15) is 0 Å². The van der Waals surface area contributed by atoms with E-state index in [0.717, 1.165) is 12.0 Å². The van der Waals surface area contributed by atoms with Crippen LogP contribution in [-0.4, -0.2) is 31.1 Å². The first-order valence-electron chi connectivity index (χ1n) is 7.36. The lowest BCUT2D eigenvalue weighted by Gasteiger charge is -2.35. The molecule has 3 heteroatoms. The van der Waals surface area contributed by atoms with Crippen LogP contribution in [-0.2, 0) is 11.3 Å². The molecule has 2 fully saturated rings. The van der Waals surface area contributed by atoms with E-state index >= 15 is 0 Å². The third-order valence-corrected chi connectivity index (χ3v) is 4.79. The molecular weight excluding hydrogens is 236 g/mol. The molecule has 0 amide bonds. The summed E-state index contributed by atoms with van der Waals surface area (Å²) in [5.74, 6) is 0.911. The summed E-state index contributed by atoms with van der Waals surface area (Å²) in [4.78, 5) is 2.64. The Bertz CT molecular complexity index is 435. The quantitative estimate of drug-likeness (QED) is 0.883. The van der Waals surface area contributed by atoms with Gasteiger partial charge < -0.3 is 10.5 Å². The van der Waals surface area contributed by atoms with Crippen LogP contribution in [0.4, 0.5) is 0 Å². The van der Waals surface area contributed by atoms with Crippen molar-refractivity contribution < 1.29 is 4.74 Å². The van der Waals surface area contributed by atoms with Crippen molar-refractivity contribution in [1.29, 1.82) is 0 Å². The largest absolute Gasteiger partial charge is 0.380 e. The van der Waals surface area contributed by atoms with Crippen LogP contribution in [0.25, 0.3) is 0 Å². The SMILES string of the molecule is COCc1ccccc1C(CN)N1CC2CCC1C2. The molecule has 3 rings (SSSR count). The minimum atomic E-state index is 0.363. The predicted octanol–water partition coefficient (Wildman–Crippen LogP) is 2.32. The first-order valence-corrected chi connectivity index (χ1v) is 7.36. The van der Waals surface area contributed by atoms with Gasteiger partial charge in [0.25, 0.3) is 0 Å². The Balaban J connectivity index is 1.86. The molecule has 0 radical (unpaired) electrons. The van der Waals surface area contributed by atoms with E-state index in [1.54, 1.807) is 7.11 Å². The molecule has 1 heterocycles. The number of hydrogen-bond donors (Lipinski definition) is 1. The van der Waals surface area contributed by atoms with Crippen molar-refractivity contribution >= 4 is 0 Å². The summed E-state index contributed by atoms with van der Waals surface area (Å²) in [5.41, 5.74) is 8.74. The Hall–Kier alpha value is -0.900. The van der Waals surface area contributed by atoms with Crippen LogP contribution in [0, 0.1) is 5.92 Å². The van der Waals surface area contributed by atoms with Crippen molar-refractivity contribution in [2.75, 3.05) is 20.2 Å². The number of piperidine rings is 1. The maximum Gasteiger partial charge on any atom is 0.0716 e. The van der Waals surface area contributed by atoms with E-state index in [4.69, 9.17) is 10.5 Å². The molecule has 3 nitrogen and oxygen atoms in total. The molecule has 2 N–H and O–H groups in total. The molecule has 2 bridgehead atoms. The number of rotatable bonds is 5. The molecule has 19 heavy (non-hydrogen) atoms. The number of likely N-dealkylation sites (tertiary alicyclic amines) is 1. The monoisotopic (exact) mass is 260 g/mol. The number of benzene rings is 1. The highest BCUT2D eigenvalue weighted by Crippen LogP contribution is 2.42. The van der Waals surface area contributed by atoms with Gasteiger partial charge in [-0.15, -0.1) is 0 Å². The van der Waals surface area contributed by atoms with Crippen molar-refractivity contribution in [3.8, 4) is 0 Å². The van der Waals surface area contributed by atoms with Gasteiger partial charge >= 0.3 is 0 Å². The van der Waals surface area contributed by atoms with Crippen molar-refractivity contribution in [3.63, 3.8) is 0 Å². The van der Waals surface area contributed by atoms with Crippen molar-refractivity contribution in [2.45, 2.75) is 38.0 Å². The van der Waals surface area contributed by atoms with Gasteiger partial charge in [0.2, 0.25) is 0 Å². The van der Waals surface area contributed by atoms with Gasteiger partial charge in [0.1, 0.15) is 0 Å². The average Bonchev–Trinajstić information content (AvgIpc) is 3.04. The number of nitrogens with two attached hydrogens (primary N) is 1. The van der Waals surface area contributed by atoms with Crippen LogP contribution in [0.3, 0.4) is 0 Å². The molecule has 1 aliphatic heterocycles. The second-order valence-electron chi connectivity index (χ2n) is 5.91. The lowest BCUT2D eigenvalue weighted by Crippen LogP contribution is -2.39. The Morgan fingerprint density at radius 2 is 2.21 bits per heavy atom. The molecule has 1 aliphatic carbocycles. The van der Waals surface area contributed by atoms with E-state index in [2.05, 4.69) is 29.2 Å². The normalized spacial score (nSPS) is 27.9. The maximum absolute atomic E-state index is 6.10. The fourth-order valence-corrected chi connectivity index (χ4v) is 3.93. The molecule has 3 atom stereocenters. The van der Waals surface area contributed by atoms with E-state index in [9.17, 15) is 0 Å².